The van der Waals surface area contributed by atoms with Crippen LogP contribution in [0.1, 0.15) is 15.9 Å². The Kier molecular flexibility index (Phi) is 5.23. The van der Waals surface area contributed by atoms with Crippen molar-refractivity contribution < 1.29 is 14.3 Å². The van der Waals surface area contributed by atoms with Crippen LogP contribution >= 0.6 is 0 Å². The van der Waals surface area contributed by atoms with Crippen molar-refractivity contribution in [3.05, 3.63) is 53.6 Å². The Morgan fingerprint density at radius 3 is 2.62 bits per heavy atom. The minimum absolute atomic E-state index is 0.00971. The zero-order chi connectivity index (χ0) is 18.7. The fraction of sp³-hybridized carbons (Fsp3) is 0.300. The average Bonchev–Trinajstić information content (AvgIpc) is 2.61. The number of amides is 2. The smallest absolute Gasteiger partial charge is 0.265 e. The Bertz CT molecular complexity index is 816. The van der Waals surface area contributed by atoms with Crippen LogP contribution in [0.25, 0.3) is 0 Å². The van der Waals surface area contributed by atoms with Crippen molar-refractivity contribution in [3.63, 3.8) is 0 Å². The third-order valence-electron chi connectivity index (χ3n) is 4.25. The van der Waals surface area contributed by atoms with Crippen molar-refractivity contribution in [2.24, 2.45) is 0 Å². The Balaban J connectivity index is 1.76. The second-order valence-electron chi connectivity index (χ2n) is 6.64. The van der Waals surface area contributed by atoms with Gasteiger partial charge in [-0.05, 0) is 45.3 Å². The summed E-state index contributed by atoms with van der Waals surface area (Å²) in [5.41, 5.74) is 3.07. The molecule has 2 aromatic rings. The Morgan fingerprint density at radius 2 is 1.92 bits per heavy atom. The van der Waals surface area contributed by atoms with Gasteiger partial charge < -0.3 is 19.9 Å². The molecule has 0 aromatic heterocycles. The molecular formula is C20H23N3O3. The highest BCUT2D eigenvalue weighted by molar-refractivity contribution is 6.05. The first kappa shape index (κ1) is 17.9. The molecule has 0 fully saturated rings. The molecule has 2 amide bonds. The summed E-state index contributed by atoms with van der Waals surface area (Å²) in [5, 5.41) is 2.87. The molecule has 2 aromatic carbocycles. The van der Waals surface area contributed by atoms with E-state index in [1.807, 2.05) is 44.1 Å². The quantitative estimate of drug-likeness (QED) is 0.897. The summed E-state index contributed by atoms with van der Waals surface area (Å²) in [6, 6.07) is 12.7. The molecule has 0 saturated heterocycles. The van der Waals surface area contributed by atoms with E-state index in [0.717, 1.165) is 17.8 Å². The molecule has 0 aliphatic carbocycles. The lowest BCUT2D eigenvalue weighted by Crippen LogP contribution is -2.42. The number of nitrogens with one attached hydrogen (secondary N) is 1. The normalized spacial score (nSPS) is 13.4. The van der Waals surface area contributed by atoms with Gasteiger partial charge in [0, 0.05) is 30.4 Å². The first-order valence-corrected chi connectivity index (χ1v) is 8.54. The van der Waals surface area contributed by atoms with Crippen LogP contribution in [0.3, 0.4) is 0 Å². The number of rotatable bonds is 5. The van der Waals surface area contributed by atoms with Gasteiger partial charge in [0.25, 0.3) is 11.8 Å². The number of carbonyl (C=O) groups excluding carboxylic acids is 2. The van der Waals surface area contributed by atoms with E-state index in [1.165, 1.54) is 0 Å². The molecule has 1 aliphatic heterocycles. The number of aryl methyl sites for hydroxylation is 1. The lowest BCUT2D eigenvalue weighted by Gasteiger charge is -2.30. The molecule has 0 spiro atoms. The number of anilines is 2. The summed E-state index contributed by atoms with van der Waals surface area (Å²) in [5.74, 6) is 0.363. The summed E-state index contributed by atoms with van der Waals surface area (Å²) in [4.78, 5) is 28.3. The van der Waals surface area contributed by atoms with Gasteiger partial charge in [0.05, 0.1) is 5.69 Å². The van der Waals surface area contributed by atoms with Crippen molar-refractivity contribution in [2.45, 2.75) is 6.92 Å². The van der Waals surface area contributed by atoms with Crippen molar-refractivity contribution >= 4 is 23.2 Å². The topological polar surface area (TPSA) is 61.9 Å². The summed E-state index contributed by atoms with van der Waals surface area (Å²) in [7, 11) is 3.94. The maximum absolute atomic E-state index is 12.4. The van der Waals surface area contributed by atoms with Crippen LogP contribution in [0.5, 0.6) is 5.75 Å². The number of benzene rings is 2. The minimum atomic E-state index is -0.179. The lowest BCUT2D eigenvalue weighted by molar-refractivity contribution is -0.121. The second kappa shape index (κ2) is 7.58. The van der Waals surface area contributed by atoms with Gasteiger partial charge in [-0.25, -0.2) is 0 Å². The SMILES string of the molecule is Cc1ccc(C(=O)Nc2ccc3c(c2)OCC(=O)N3CCN(C)C)cc1. The average molecular weight is 353 g/mol. The number of carbonyl (C=O) groups is 2. The molecule has 0 atom stereocenters. The van der Waals surface area contributed by atoms with Crippen LogP contribution in [0.2, 0.25) is 0 Å². The fourth-order valence-corrected chi connectivity index (χ4v) is 2.74. The number of ether oxygens (including phenoxy) is 1. The first-order chi connectivity index (χ1) is 12.4. The van der Waals surface area contributed by atoms with Crippen molar-refractivity contribution in [2.75, 3.05) is 44.0 Å². The summed E-state index contributed by atoms with van der Waals surface area (Å²) in [6.45, 7) is 3.34. The Hall–Kier alpha value is -2.86. The summed E-state index contributed by atoms with van der Waals surface area (Å²) >= 11 is 0. The number of fused-ring (bicyclic) bond motifs is 1. The number of likely N-dealkylation sites (N-methyl/N-ethyl adjacent to an activating group) is 1. The van der Waals surface area contributed by atoms with Crippen molar-refractivity contribution in [1.82, 2.24) is 4.90 Å². The van der Waals surface area contributed by atoms with Gasteiger partial charge in [0.15, 0.2) is 6.61 Å². The van der Waals surface area contributed by atoms with E-state index in [2.05, 4.69) is 5.32 Å². The van der Waals surface area contributed by atoms with Gasteiger partial charge in [-0.3, -0.25) is 9.59 Å². The van der Waals surface area contributed by atoms with Gasteiger partial charge in [-0.1, -0.05) is 17.7 Å². The number of hydrogen-bond acceptors (Lipinski definition) is 4. The zero-order valence-electron chi connectivity index (χ0n) is 15.3. The fourth-order valence-electron chi connectivity index (χ4n) is 2.74. The number of nitrogens with zero attached hydrogens (tertiary/aromatic N) is 2. The Morgan fingerprint density at radius 1 is 1.19 bits per heavy atom. The lowest BCUT2D eigenvalue weighted by atomic mass is 10.1. The molecule has 6 nitrogen and oxygen atoms in total. The molecule has 136 valence electrons. The first-order valence-electron chi connectivity index (χ1n) is 8.54. The van der Waals surface area contributed by atoms with Crippen LogP contribution in [0.15, 0.2) is 42.5 Å². The molecule has 0 unspecified atom stereocenters. The van der Waals surface area contributed by atoms with Gasteiger partial charge in [-0.15, -0.1) is 0 Å². The third kappa shape index (κ3) is 4.03. The zero-order valence-corrected chi connectivity index (χ0v) is 15.3. The van der Waals surface area contributed by atoms with E-state index in [-0.39, 0.29) is 18.4 Å². The van der Waals surface area contributed by atoms with E-state index >= 15 is 0 Å². The predicted octanol–water partition coefficient (Wildman–Crippen LogP) is 2.53. The molecule has 1 aliphatic rings. The summed E-state index contributed by atoms with van der Waals surface area (Å²) < 4.78 is 5.56. The molecule has 26 heavy (non-hydrogen) atoms. The standard InChI is InChI=1S/C20H23N3O3/c1-14-4-6-15(7-5-14)20(25)21-16-8-9-17-18(12-16)26-13-19(24)23(17)11-10-22(2)3/h4-9,12H,10-11,13H2,1-3H3,(H,21,25). The largest absolute Gasteiger partial charge is 0.481 e. The molecule has 0 radical (unpaired) electrons. The van der Waals surface area contributed by atoms with Crippen LogP contribution < -0.4 is 15.0 Å². The number of hydrogen-bond donors (Lipinski definition) is 1. The van der Waals surface area contributed by atoms with E-state index in [1.54, 1.807) is 29.2 Å². The predicted molar refractivity (Wildman–Crippen MR) is 102 cm³/mol. The molecule has 6 heteroatoms. The Labute approximate surface area is 153 Å². The van der Waals surface area contributed by atoms with Crippen molar-refractivity contribution in [3.8, 4) is 5.75 Å². The molecule has 1 N–H and O–H groups in total. The maximum Gasteiger partial charge on any atom is 0.265 e. The molecule has 0 bridgehead atoms. The van der Waals surface area contributed by atoms with E-state index in [4.69, 9.17) is 4.74 Å². The van der Waals surface area contributed by atoms with Crippen LogP contribution in [0.4, 0.5) is 11.4 Å². The highest BCUT2D eigenvalue weighted by Crippen LogP contribution is 2.34. The minimum Gasteiger partial charge on any atom is -0.481 e. The highest BCUT2D eigenvalue weighted by atomic mass is 16.5. The van der Waals surface area contributed by atoms with Crippen molar-refractivity contribution in [1.29, 1.82) is 0 Å². The van der Waals surface area contributed by atoms with Gasteiger partial charge >= 0.3 is 0 Å². The van der Waals surface area contributed by atoms with E-state index in [9.17, 15) is 9.59 Å². The van der Waals surface area contributed by atoms with E-state index < -0.39 is 0 Å². The van der Waals surface area contributed by atoms with Crippen LogP contribution in [-0.2, 0) is 4.79 Å². The molecular weight excluding hydrogens is 330 g/mol. The van der Waals surface area contributed by atoms with Crippen LogP contribution in [-0.4, -0.2) is 50.5 Å². The van der Waals surface area contributed by atoms with Gasteiger partial charge in [0.1, 0.15) is 5.75 Å². The molecule has 0 saturated carbocycles. The van der Waals surface area contributed by atoms with Gasteiger partial charge in [-0.2, -0.15) is 0 Å². The monoisotopic (exact) mass is 353 g/mol. The van der Waals surface area contributed by atoms with Gasteiger partial charge in [0.2, 0.25) is 0 Å². The maximum atomic E-state index is 12.4. The van der Waals surface area contributed by atoms with E-state index in [0.29, 0.717) is 23.5 Å². The highest BCUT2D eigenvalue weighted by Gasteiger charge is 2.25. The van der Waals surface area contributed by atoms with Crippen LogP contribution in [0, 0.1) is 6.92 Å². The molecule has 1 heterocycles. The summed E-state index contributed by atoms with van der Waals surface area (Å²) in [6.07, 6.45) is 0. The second-order valence-corrected chi connectivity index (χ2v) is 6.64. The third-order valence-corrected chi connectivity index (χ3v) is 4.25. The molecule has 3 rings (SSSR count).